The van der Waals surface area contributed by atoms with Gasteiger partial charge in [0, 0.05) is 11.6 Å². The Morgan fingerprint density at radius 1 is 1.36 bits per heavy atom. The highest BCUT2D eigenvalue weighted by molar-refractivity contribution is 5.01. The molecular formula is C9H17NO. The van der Waals surface area contributed by atoms with Gasteiger partial charge in [0.2, 0.25) is 0 Å². The molecule has 2 rings (SSSR count). The van der Waals surface area contributed by atoms with Crippen LogP contribution in [0, 0.1) is 0 Å². The Morgan fingerprint density at radius 3 is 2.55 bits per heavy atom. The lowest BCUT2D eigenvalue weighted by molar-refractivity contribution is 0.142. The summed E-state index contributed by atoms with van der Waals surface area (Å²) in [5, 5.41) is 13.0. The average Bonchev–Trinajstić information content (AvgIpc) is 2.54. The summed E-state index contributed by atoms with van der Waals surface area (Å²) >= 11 is 0. The zero-order valence-corrected chi connectivity index (χ0v) is 7.14. The molecule has 2 N–H and O–H groups in total. The van der Waals surface area contributed by atoms with Crippen LogP contribution in [0.5, 0.6) is 0 Å². The van der Waals surface area contributed by atoms with Gasteiger partial charge in [-0.2, -0.15) is 0 Å². The Bertz CT molecular complexity index is 154. The van der Waals surface area contributed by atoms with Gasteiger partial charge in [0.15, 0.2) is 0 Å². The van der Waals surface area contributed by atoms with Gasteiger partial charge in [0.05, 0.1) is 6.10 Å². The minimum absolute atomic E-state index is 0.0765. The molecule has 11 heavy (non-hydrogen) atoms. The predicted octanol–water partition coefficient (Wildman–Crippen LogP) is 1.04. The van der Waals surface area contributed by atoms with Crippen LogP contribution in [0.2, 0.25) is 0 Å². The van der Waals surface area contributed by atoms with Crippen molar-refractivity contribution in [1.29, 1.82) is 0 Å². The molecule has 0 spiro atoms. The first kappa shape index (κ1) is 7.56. The summed E-state index contributed by atoms with van der Waals surface area (Å²) in [4.78, 5) is 0. The SMILES string of the molecule is CC1(NC2CCCC2O)CC1. The topological polar surface area (TPSA) is 32.3 Å². The number of aliphatic hydroxyl groups is 1. The molecule has 0 aliphatic heterocycles. The molecule has 0 aromatic rings. The van der Waals surface area contributed by atoms with E-state index in [4.69, 9.17) is 0 Å². The van der Waals surface area contributed by atoms with Crippen molar-refractivity contribution in [3.05, 3.63) is 0 Å². The molecule has 2 saturated carbocycles. The molecule has 2 aliphatic rings. The van der Waals surface area contributed by atoms with Gasteiger partial charge in [-0.25, -0.2) is 0 Å². The van der Waals surface area contributed by atoms with Gasteiger partial charge < -0.3 is 10.4 Å². The second-order valence-electron chi connectivity index (χ2n) is 4.31. The van der Waals surface area contributed by atoms with Crippen LogP contribution in [0.3, 0.4) is 0 Å². The maximum atomic E-state index is 9.52. The zero-order valence-electron chi connectivity index (χ0n) is 7.14. The lowest BCUT2D eigenvalue weighted by Gasteiger charge is -2.21. The summed E-state index contributed by atoms with van der Waals surface area (Å²) in [6.45, 7) is 2.25. The van der Waals surface area contributed by atoms with E-state index in [2.05, 4.69) is 12.2 Å². The summed E-state index contributed by atoms with van der Waals surface area (Å²) in [5.41, 5.74) is 0.385. The van der Waals surface area contributed by atoms with E-state index in [9.17, 15) is 5.11 Å². The van der Waals surface area contributed by atoms with Crippen molar-refractivity contribution in [2.75, 3.05) is 0 Å². The van der Waals surface area contributed by atoms with Gasteiger partial charge in [-0.3, -0.25) is 0 Å². The fraction of sp³-hybridized carbons (Fsp3) is 1.00. The van der Waals surface area contributed by atoms with E-state index < -0.39 is 0 Å². The van der Waals surface area contributed by atoms with Crippen molar-refractivity contribution in [3.63, 3.8) is 0 Å². The van der Waals surface area contributed by atoms with Gasteiger partial charge in [-0.05, 0) is 39.0 Å². The highest BCUT2D eigenvalue weighted by Gasteiger charge is 2.41. The molecule has 64 valence electrons. The average molecular weight is 155 g/mol. The third kappa shape index (κ3) is 1.57. The van der Waals surface area contributed by atoms with Crippen molar-refractivity contribution in [2.45, 2.75) is 56.7 Å². The smallest absolute Gasteiger partial charge is 0.0693 e. The van der Waals surface area contributed by atoms with E-state index in [0.717, 1.165) is 12.8 Å². The Hall–Kier alpha value is -0.0800. The van der Waals surface area contributed by atoms with Crippen LogP contribution in [-0.4, -0.2) is 22.8 Å². The molecule has 0 heterocycles. The van der Waals surface area contributed by atoms with Crippen LogP contribution in [-0.2, 0) is 0 Å². The minimum Gasteiger partial charge on any atom is -0.392 e. The second kappa shape index (κ2) is 2.46. The predicted molar refractivity (Wildman–Crippen MR) is 44.4 cm³/mol. The van der Waals surface area contributed by atoms with Crippen molar-refractivity contribution in [3.8, 4) is 0 Å². The minimum atomic E-state index is -0.0765. The van der Waals surface area contributed by atoms with Crippen LogP contribution < -0.4 is 5.32 Å². The first-order chi connectivity index (χ1) is 5.20. The summed E-state index contributed by atoms with van der Waals surface area (Å²) in [7, 11) is 0. The lowest BCUT2D eigenvalue weighted by atomic mass is 10.2. The van der Waals surface area contributed by atoms with E-state index in [1.54, 1.807) is 0 Å². The van der Waals surface area contributed by atoms with Gasteiger partial charge in [0.1, 0.15) is 0 Å². The molecule has 2 heteroatoms. The molecule has 0 bridgehead atoms. The van der Waals surface area contributed by atoms with Crippen LogP contribution in [0.25, 0.3) is 0 Å². The number of hydrogen-bond acceptors (Lipinski definition) is 2. The molecule has 0 radical (unpaired) electrons. The standard InChI is InChI=1S/C9H17NO/c1-9(5-6-9)10-7-3-2-4-8(7)11/h7-8,10-11H,2-6H2,1H3. The molecule has 0 amide bonds. The normalized spacial score (nSPS) is 40.9. The van der Waals surface area contributed by atoms with Crippen LogP contribution in [0.4, 0.5) is 0 Å². The molecule has 2 nitrogen and oxygen atoms in total. The summed E-state index contributed by atoms with van der Waals surface area (Å²) in [5.74, 6) is 0. The number of aliphatic hydroxyl groups excluding tert-OH is 1. The molecule has 2 atom stereocenters. The van der Waals surface area contributed by atoms with E-state index in [0.29, 0.717) is 11.6 Å². The van der Waals surface area contributed by atoms with Crippen molar-refractivity contribution >= 4 is 0 Å². The summed E-state index contributed by atoms with van der Waals surface area (Å²) < 4.78 is 0. The van der Waals surface area contributed by atoms with Gasteiger partial charge >= 0.3 is 0 Å². The maximum absolute atomic E-state index is 9.52. The van der Waals surface area contributed by atoms with Crippen molar-refractivity contribution in [1.82, 2.24) is 5.32 Å². The van der Waals surface area contributed by atoms with E-state index >= 15 is 0 Å². The Morgan fingerprint density at radius 2 is 2.09 bits per heavy atom. The van der Waals surface area contributed by atoms with E-state index in [-0.39, 0.29) is 6.10 Å². The first-order valence-electron chi connectivity index (χ1n) is 4.65. The maximum Gasteiger partial charge on any atom is 0.0693 e. The fourth-order valence-electron chi connectivity index (χ4n) is 1.89. The van der Waals surface area contributed by atoms with Gasteiger partial charge in [0.25, 0.3) is 0 Å². The Balaban J connectivity index is 1.85. The van der Waals surface area contributed by atoms with Gasteiger partial charge in [-0.15, -0.1) is 0 Å². The number of nitrogens with one attached hydrogen (secondary N) is 1. The zero-order chi connectivity index (χ0) is 7.90. The van der Waals surface area contributed by atoms with Crippen molar-refractivity contribution < 1.29 is 5.11 Å². The monoisotopic (exact) mass is 155 g/mol. The van der Waals surface area contributed by atoms with E-state index in [1.165, 1.54) is 19.3 Å². The molecular weight excluding hydrogens is 138 g/mol. The quantitative estimate of drug-likeness (QED) is 0.624. The Labute approximate surface area is 68.0 Å². The molecule has 0 saturated heterocycles. The third-order valence-corrected chi connectivity index (χ3v) is 3.01. The number of hydrogen-bond donors (Lipinski definition) is 2. The van der Waals surface area contributed by atoms with Crippen molar-refractivity contribution in [2.24, 2.45) is 0 Å². The number of rotatable bonds is 2. The Kier molecular flexibility index (Phi) is 1.69. The molecule has 0 aromatic heterocycles. The lowest BCUT2D eigenvalue weighted by Crippen LogP contribution is -2.42. The molecule has 0 aromatic carbocycles. The molecule has 2 fully saturated rings. The largest absolute Gasteiger partial charge is 0.392 e. The molecule has 2 aliphatic carbocycles. The fourth-order valence-corrected chi connectivity index (χ4v) is 1.89. The summed E-state index contributed by atoms with van der Waals surface area (Å²) in [6.07, 6.45) is 5.85. The third-order valence-electron chi connectivity index (χ3n) is 3.01. The second-order valence-corrected chi connectivity index (χ2v) is 4.31. The first-order valence-corrected chi connectivity index (χ1v) is 4.65. The highest BCUT2D eigenvalue weighted by atomic mass is 16.3. The van der Waals surface area contributed by atoms with Crippen LogP contribution >= 0.6 is 0 Å². The van der Waals surface area contributed by atoms with Gasteiger partial charge in [-0.1, -0.05) is 0 Å². The van der Waals surface area contributed by atoms with Crippen LogP contribution in [0.1, 0.15) is 39.0 Å². The van der Waals surface area contributed by atoms with Crippen LogP contribution in [0.15, 0.2) is 0 Å². The highest BCUT2D eigenvalue weighted by Crippen LogP contribution is 2.36. The summed E-state index contributed by atoms with van der Waals surface area (Å²) in [6, 6.07) is 0.391. The molecule has 2 unspecified atom stereocenters. The van der Waals surface area contributed by atoms with E-state index in [1.807, 2.05) is 0 Å².